The lowest BCUT2D eigenvalue weighted by molar-refractivity contribution is -0.385. The molecule has 6 rings (SSSR count). The SMILES string of the molecule is CCCCc1nc2ccn(Cc3ccccc3[N+](=O)[O-])c(=O)c2n1Cc1ccc(-c2ccccc2-c2nn[nH]n2)cc1. The summed E-state index contributed by atoms with van der Waals surface area (Å²) in [7, 11) is 0. The van der Waals surface area contributed by atoms with Gasteiger partial charge in [0.15, 0.2) is 0 Å². The lowest BCUT2D eigenvalue weighted by Crippen LogP contribution is -2.23. The molecule has 6 aromatic rings. The molecule has 42 heavy (non-hydrogen) atoms. The molecule has 0 aliphatic heterocycles. The molecule has 0 fully saturated rings. The standard InChI is InChI=1S/C31H28N8O3/c1-2-3-12-28-32-26-17-18-37(20-23-8-4-7-11-27(23)39(41)42)31(40)29(26)38(28)19-21-13-15-22(16-14-21)24-9-5-6-10-25(24)30-33-35-36-34-30/h4-11,13-18H,2-3,12,19-20H2,1H3,(H,33,34,35,36). The van der Waals surface area contributed by atoms with Crippen LogP contribution in [-0.2, 0) is 19.5 Å². The third-order valence-electron chi connectivity index (χ3n) is 7.35. The van der Waals surface area contributed by atoms with Gasteiger partial charge >= 0.3 is 0 Å². The minimum Gasteiger partial charge on any atom is -0.319 e. The van der Waals surface area contributed by atoms with Gasteiger partial charge in [0.25, 0.3) is 11.2 Å². The summed E-state index contributed by atoms with van der Waals surface area (Å²) in [6, 6.07) is 24.4. The number of nitro groups is 1. The zero-order valence-corrected chi connectivity index (χ0v) is 23.0. The number of nitrogens with one attached hydrogen (secondary N) is 1. The highest BCUT2D eigenvalue weighted by atomic mass is 16.6. The van der Waals surface area contributed by atoms with Gasteiger partial charge in [0.1, 0.15) is 11.3 Å². The third kappa shape index (κ3) is 5.19. The Balaban J connectivity index is 1.37. The largest absolute Gasteiger partial charge is 0.319 e. The van der Waals surface area contributed by atoms with E-state index in [-0.39, 0.29) is 17.8 Å². The molecule has 0 unspecified atom stereocenters. The smallest absolute Gasteiger partial charge is 0.277 e. The molecule has 0 saturated heterocycles. The Hall–Kier alpha value is -5.45. The quantitative estimate of drug-likeness (QED) is 0.175. The van der Waals surface area contributed by atoms with Crippen LogP contribution in [0.4, 0.5) is 5.69 Å². The molecular weight excluding hydrogens is 532 g/mol. The first-order valence-corrected chi connectivity index (χ1v) is 13.8. The van der Waals surface area contributed by atoms with Crippen LogP contribution in [0.3, 0.4) is 0 Å². The number of aryl methyl sites for hydroxylation is 1. The van der Waals surface area contributed by atoms with Crippen molar-refractivity contribution in [3.63, 3.8) is 0 Å². The summed E-state index contributed by atoms with van der Waals surface area (Å²) in [6.07, 6.45) is 4.35. The van der Waals surface area contributed by atoms with E-state index in [1.165, 1.54) is 10.6 Å². The number of aromatic amines is 1. The molecule has 0 aliphatic rings. The van der Waals surface area contributed by atoms with Crippen LogP contribution in [0.15, 0.2) is 89.9 Å². The average molecular weight is 561 g/mol. The number of fused-ring (bicyclic) bond motifs is 1. The maximum absolute atomic E-state index is 13.8. The fourth-order valence-electron chi connectivity index (χ4n) is 5.23. The lowest BCUT2D eigenvalue weighted by Gasteiger charge is -2.12. The summed E-state index contributed by atoms with van der Waals surface area (Å²) >= 11 is 0. The zero-order valence-electron chi connectivity index (χ0n) is 23.0. The summed E-state index contributed by atoms with van der Waals surface area (Å²) in [5.41, 5.74) is 5.23. The van der Waals surface area contributed by atoms with Gasteiger partial charge in [-0.1, -0.05) is 80.1 Å². The van der Waals surface area contributed by atoms with Crippen molar-refractivity contribution in [2.45, 2.75) is 39.3 Å². The number of H-pyrrole nitrogens is 1. The van der Waals surface area contributed by atoms with E-state index in [1.54, 1.807) is 24.4 Å². The molecule has 0 radical (unpaired) electrons. The Kier molecular flexibility index (Phi) is 7.37. The molecule has 0 spiro atoms. The Morgan fingerprint density at radius 1 is 0.929 bits per heavy atom. The van der Waals surface area contributed by atoms with Crippen molar-refractivity contribution in [3.8, 4) is 22.5 Å². The van der Waals surface area contributed by atoms with Crippen LogP contribution < -0.4 is 5.56 Å². The molecule has 3 aromatic heterocycles. The minimum absolute atomic E-state index is 0.0114. The van der Waals surface area contributed by atoms with E-state index >= 15 is 0 Å². The molecule has 0 atom stereocenters. The van der Waals surface area contributed by atoms with Crippen molar-refractivity contribution < 1.29 is 4.92 Å². The molecule has 0 bridgehead atoms. The summed E-state index contributed by atoms with van der Waals surface area (Å²) in [5.74, 6) is 1.37. The second-order valence-electron chi connectivity index (χ2n) is 10.1. The van der Waals surface area contributed by atoms with Crippen LogP contribution in [0.25, 0.3) is 33.5 Å². The summed E-state index contributed by atoms with van der Waals surface area (Å²) in [6.45, 7) is 2.68. The number of nitro benzene ring substituents is 1. The van der Waals surface area contributed by atoms with E-state index in [4.69, 9.17) is 4.98 Å². The summed E-state index contributed by atoms with van der Waals surface area (Å²) in [5, 5.41) is 26.0. The predicted octanol–water partition coefficient (Wildman–Crippen LogP) is 5.39. The predicted molar refractivity (Wildman–Crippen MR) is 159 cm³/mol. The molecule has 1 N–H and O–H groups in total. The van der Waals surface area contributed by atoms with Gasteiger partial charge in [-0.05, 0) is 34.4 Å². The second-order valence-corrected chi connectivity index (χ2v) is 10.1. The Bertz CT molecular complexity index is 1920. The van der Waals surface area contributed by atoms with Gasteiger partial charge in [0.2, 0.25) is 5.82 Å². The number of nitrogens with zero attached hydrogens (tertiary/aromatic N) is 7. The number of pyridine rings is 1. The first kappa shape index (κ1) is 26.8. The topological polar surface area (TPSA) is 137 Å². The van der Waals surface area contributed by atoms with Crippen molar-refractivity contribution in [1.82, 2.24) is 34.7 Å². The average Bonchev–Trinajstić information content (AvgIpc) is 3.67. The Labute approximate surface area is 240 Å². The number of tetrazole rings is 1. The van der Waals surface area contributed by atoms with Crippen LogP contribution in [0.2, 0.25) is 0 Å². The van der Waals surface area contributed by atoms with E-state index < -0.39 is 4.92 Å². The maximum Gasteiger partial charge on any atom is 0.277 e. The molecule has 11 heteroatoms. The zero-order chi connectivity index (χ0) is 29.1. The monoisotopic (exact) mass is 560 g/mol. The Morgan fingerprint density at radius 2 is 1.69 bits per heavy atom. The first-order valence-electron chi connectivity index (χ1n) is 13.8. The molecule has 0 saturated carbocycles. The molecule has 0 aliphatic carbocycles. The van der Waals surface area contributed by atoms with Crippen molar-refractivity contribution in [3.05, 3.63) is 122 Å². The fourth-order valence-corrected chi connectivity index (χ4v) is 5.23. The molecule has 3 heterocycles. The van der Waals surface area contributed by atoms with Crippen molar-refractivity contribution in [2.24, 2.45) is 0 Å². The summed E-state index contributed by atoms with van der Waals surface area (Å²) < 4.78 is 3.51. The van der Waals surface area contributed by atoms with Crippen molar-refractivity contribution in [1.29, 1.82) is 0 Å². The highest BCUT2D eigenvalue weighted by Crippen LogP contribution is 2.30. The minimum atomic E-state index is -0.420. The molecule has 3 aromatic carbocycles. The van der Waals surface area contributed by atoms with E-state index in [2.05, 4.69) is 27.5 Å². The highest BCUT2D eigenvalue weighted by molar-refractivity contribution is 5.80. The molecule has 11 nitrogen and oxygen atoms in total. The maximum atomic E-state index is 13.8. The van der Waals surface area contributed by atoms with E-state index in [0.717, 1.165) is 47.3 Å². The number of rotatable bonds is 10. The van der Waals surface area contributed by atoms with Crippen LogP contribution >= 0.6 is 0 Å². The van der Waals surface area contributed by atoms with Gasteiger partial charge in [0.05, 0.1) is 17.0 Å². The van der Waals surface area contributed by atoms with Crippen molar-refractivity contribution in [2.75, 3.05) is 0 Å². The number of benzene rings is 3. The summed E-state index contributed by atoms with van der Waals surface area (Å²) in [4.78, 5) is 29.8. The van der Waals surface area contributed by atoms with Crippen molar-refractivity contribution >= 4 is 16.7 Å². The Morgan fingerprint density at radius 3 is 2.43 bits per heavy atom. The molecule has 210 valence electrons. The van der Waals surface area contributed by atoms with Crippen LogP contribution in [-0.4, -0.2) is 39.7 Å². The molecule has 0 amide bonds. The first-order chi connectivity index (χ1) is 20.5. The number of imidazole rings is 1. The van der Waals surface area contributed by atoms with Gasteiger partial charge in [0, 0.05) is 36.4 Å². The number of hydrogen-bond acceptors (Lipinski definition) is 7. The van der Waals surface area contributed by atoms with Gasteiger partial charge < -0.3 is 9.13 Å². The van der Waals surface area contributed by atoms with Gasteiger partial charge in [-0.3, -0.25) is 14.9 Å². The van der Waals surface area contributed by atoms with E-state index in [1.807, 2.05) is 59.2 Å². The second kappa shape index (κ2) is 11.6. The van der Waals surface area contributed by atoms with Crippen LogP contribution in [0.1, 0.15) is 36.7 Å². The van der Waals surface area contributed by atoms with Crippen LogP contribution in [0, 0.1) is 10.1 Å². The molecular formula is C31H28N8O3. The highest BCUT2D eigenvalue weighted by Gasteiger charge is 2.18. The number of para-hydroxylation sites is 1. The number of unbranched alkanes of at least 4 members (excludes halogenated alkanes) is 1. The van der Waals surface area contributed by atoms with Gasteiger partial charge in [-0.15, -0.1) is 10.2 Å². The van der Waals surface area contributed by atoms with Crippen LogP contribution in [0.5, 0.6) is 0 Å². The normalized spacial score (nSPS) is 11.3. The van der Waals surface area contributed by atoms with E-state index in [0.29, 0.717) is 29.0 Å². The van der Waals surface area contributed by atoms with Gasteiger partial charge in [-0.25, -0.2) is 4.98 Å². The number of hydrogen-bond donors (Lipinski definition) is 1. The van der Waals surface area contributed by atoms with E-state index in [9.17, 15) is 14.9 Å². The van der Waals surface area contributed by atoms with Gasteiger partial charge in [-0.2, -0.15) is 5.21 Å². The third-order valence-corrected chi connectivity index (χ3v) is 7.35. The number of aromatic nitrogens is 7. The fraction of sp³-hybridized carbons (Fsp3) is 0.194. The lowest BCUT2D eigenvalue weighted by atomic mass is 9.98.